The van der Waals surface area contributed by atoms with E-state index in [0.717, 1.165) is 41.6 Å². The lowest BCUT2D eigenvalue weighted by Gasteiger charge is -2.36. The fourth-order valence-corrected chi connectivity index (χ4v) is 4.86. The number of aliphatic imine (C=N–C) groups is 2. The molecule has 10 nitrogen and oxygen atoms in total. The quantitative estimate of drug-likeness (QED) is 0.528. The molecule has 1 N–H and O–H groups in total. The molecule has 206 valence electrons. The second-order valence-electron chi connectivity index (χ2n) is 10.2. The molecule has 0 aromatic carbocycles. The van der Waals surface area contributed by atoms with Crippen molar-refractivity contribution in [2.75, 3.05) is 6.26 Å². The van der Waals surface area contributed by atoms with Crippen LogP contribution in [0.3, 0.4) is 0 Å². The number of hydrogen-bond acceptors (Lipinski definition) is 8. The first-order chi connectivity index (χ1) is 18.4. The van der Waals surface area contributed by atoms with E-state index in [4.69, 9.17) is 4.99 Å². The maximum Gasteiger partial charge on any atom is 0.295 e. The largest absolute Gasteiger partial charge is 0.333 e. The number of amidine groups is 2. The first kappa shape index (κ1) is 28.3. The van der Waals surface area contributed by atoms with Crippen molar-refractivity contribution in [2.45, 2.75) is 77.3 Å². The Kier molecular flexibility index (Phi) is 8.10. The fourth-order valence-electron chi connectivity index (χ4n) is 4.30. The van der Waals surface area contributed by atoms with Crippen molar-refractivity contribution in [3.05, 3.63) is 65.2 Å². The van der Waals surface area contributed by atoms with Crippen molar-refractivity contribution in [3.63, 3.8) is 0 Å². The first-order valence-electron chi connectivity index (χ1n) is 13.0. The van der Waals surface area contributed by atoms with Gasteiger partial charge in [0.25, 0.3) is 5.91 Å². The van der Waals surface area contributed by atoms with Crippen LogP contribution in [0.4, 0.5) is 0 Å². The summed E-state index contributed by atoms with van der Waals surface area (Å²) in [6, 6.07) is 2.93. The Bertz CT molecular complexity index is 1500. The molecule has 0 radical (unpaired) electrons. The summed E-state index contributed by atoms with van der Waals surface area (Å²) in [7, 11) is -3.35. The van der Waals surface area contributed by atoms with Gasteiger partial charge in [-0.3, -0.25) is 19.7 Å². The SMILES string of the molecule is C=C(N=C1C(=C(C)C)NC(=NCc2ccc(S(C)(=O)=O)cn2)C(=O)N1[C@@H](C)CC)c1c(C)ncnc1C1CC1. The van der Waals surface area contributed by atoms with Gasteiger partial charge in [-0.15, -0.1) is 0 Å². The summed E-state index contributed by atoms with van der Waals surface area (Å²) >= 11 is 0. The number of amides is 1. The Balaban J connectivity index is 1.71. The van der Waals surface area contributed by atoms with E-state index >= 15 is 0 Å². The smallest absolute Gasteiger partial charge is 0.295 e. The third kappa shape index (κ3) is 6.13. The number of aromatic nitrogens is 3. The summed E-state index contributed by atoms with van der Waals surface area (Å²) in [6.07, 6.45) is 6.88. The van der Waals surface area contributed by atoms with E-state index in [1.807, 2.05) is 34.6 Å². The number of nitrogens with zero attached hydrogens (tertiary/aromatic N) is 6. The average Bonchev–Trinajstić information content (AvgIpc) is 3.73. The summed E-state index contributed by atoms with van der Waals surface area (Å²) in [6.45, 7) is 14.2. The normalized spacial score (nSPS) is 18.9. The Hall–Kier alpha value is -3.73. The monoisotopic (exact) mass is 549 g/mol. The number of nitrogens with one attached hydrogen (secondary N) is 1. The molecule has 1 saturated heterocycles. The molecule has 1 saturated carbocycles. The average molecular weight is 550 g/mol. The molecular formula is C28H35N7O3S. The second-order valence-corrected chi connectivity index (χ2v) is 12.2. The molecule has 11 heteroatoms. The number of carbonyl (C=O) groups is 1. The van der Waals surface area contributed by atoms with Crippen molar-refractivity contribution in [1.29, 1.82) is 0 Å². The minimum absolute atomic E-state index is 0.104. The predicted octanol–water partition coefficient (Wildman–Crippen LogP) is 3.95. The minimum Gasteiger partial charge on any atom is -0.333 e. The number of aryl methyl sites for hydroxylation is 1. The summed E-state index contributed by atoms with van der Waals surface area (Å²) in [5.74, 6) is 0.733. The number of pyridine rings is 1. The van der Waals surface area contributed by atoms with Gasteiger partial charge in [0, 0.05) is 30.0 Å². The van der Waals surface area contributed by atoms with Gasteiger partial charge in [-0.25, -0.2) is 23.4 Å². The molecule has 1 aliphatic heterocycles. The molecule has 1 amide bonds. The molecule has 0 unspecified atom stereocenters. The van der Waals surface area contributed by atoms with Crippen LogP contribution >= 0.6 is 0 Å². The zero-order valence-electron chi connectivity index (χ0n) is 23.3. The molecular weight excluding hydrogens is 514 g/mol. The van der Waals surface area contributed by atoms with E-state index < -0.39 is 9.84 Å². The molecule has 0 spiro atoms. The van der Waals surface area contributed by atoms with Crippen LogP contribution in [0.15, 0.2) is 57.4 Å². The van der Waals surface area contributed by atoms with Crippen LogP contribution < -0.4 is 5.32 Å². The Morgan fingerprint density at radius 2 is 1.95 bits per heavy atom. The lowest BCUT2D eigenvalue weighted by molar-refractivity contribution is -0.122. The summed E-state index contributed by atoms with van der Waals surface area (Å²) in [5, 5.41) is 3.20. The fraction of sp³-hybridized carbons (Fsp3) is 0.429. The second kappa shape index (κ2) is 11.2. The zero-order valence-corrected chi connectivity index (χ0v) is 24.1. The number of allylic oxidation sites excluding steroid dienone is 1. The predicted molar refractivity (Wildman–Crippen MR) is 152 cm³/mol. The Morgan fingerprint density at radius 3 is 2.51 bits per heavy atom. The molecule has 2 aliphatic rings. The van der Waals surface area contributed by atoms with E-state index in [-0.39, 0.29) is 29.2 Å². The number of sulfone groups is 1. The molecule has 4 rings (SSSR count). The van der Waals surface area contributed by atoms with Crippen molar-refractivity contribution in [1.82, 2.24) is 25.2 Å². The topological polar surface area (TPSA) is 130 Å². The van der Waals surface area contributed by atoms with Gasteiger partial charge in [0.15, 0.2) is 21.5 Å². The highest BCUT2D eigenvalue weighted by Gasteiger charge is 2.37. The third-order valence-corrected chi connectivity index (χ3v) is 7.93. The van der Waals surface area contributed by atoms with E-state index in [2.05, 4.69) is 31.8 Å². The van der Waals surface area contributed by atoms with Crippen molar-refractivity contribution in [3.8, 4) is 0 Å². The van der Waals surface area contributed by atoms with Gasteiger partial charge in [-0.2, -0.15) is 0 Å². The van der Waals surface area contributed by atoms with E-state index in [9.17, 15) is 13.2 Å². The summed E-state index contributed by atoms with van der Waals surface area (Å²) in [5.41, 5.74) is 5.26. The summed E-state index contributed by atoms with van der Waals surface area (Å²) < 4.78 is 23.5. The van der Waals surface area contributed by atoms with Gasteiger partial charge in [-0.05, 0) is 64.7 Å². The van der Waals surface area contributed by atoms with Gasteiger partial charge in [-0.1, -0.05) is 13.5 Å². The number of hydrogen-bond donors (Lipinski definition) is 1. The van der Waals surface area contributed by atoms with Gasteiger partial charge in [0.2, 0.25) is 0 Å². The van der Waals surface area contributed by atoms with E-state index in [1.165, 1.54) is 12.3 Å². The van der Waals surface area contributed by atoms with Gasteiger partial charge in [0.1, 0.15) is 6.33 Å². The molecule has 0 bridgehead atoms. The molecule has 1 atom stereocenters. The lowest BCUT2D eigenvalue weighted by Crippen LogP contribution is -2.57. The minimum atomic E-state index is -3.35. The van der Waals surface area contributed by atoms with Crippen molar-refractivity contribution < 1.29 is 13.2 Å². The molecule has 1 aliphatic carbocycles. The third-order valence-electron chi connectivity index (χ3n) is 6.83. The summed E-state index contributed by atoms with van der Waals surface area (Å²) in [4.78, 5) is 38.1. The van der Waals surface area contributed by atoms with Crippen LogP contribution in [0.5, 0.6) is 0 Å². The molecule has 2 aromatic rings. The Morgan fingerprint density at radius 1 is 1.23 bits per heavy atom. The standard InChI is InChI=1S/C28H35N7O3S/c1-8-17(4)35-27(33-19(6)23-18(5)31-15-32-25(23)20-9-10-20)24(16(2)3)34-26(28(35)36)30-13-21-11-12-22(14-29-21)39(7,37)38/h11-12,14-15,17,20H,6,8-10,13H2,1-5,7H3,(H,30,34)/t17-/m0/s1. The highest BCUT2D eigenvalue weighted by Crippen LogP contribution is 2.42. The van der Waals surface area contributed by atoms with Crippen LogP contribution in [0.2, 0.25) is 0 Å². The van der Waals surface area contributed by atoms with Crippen LogP contribution in [0.1, 0.15) is 75.5 Å². The molecule has 3 heterocycles. The van der Waals surface area contributed by atoms with Gasteiger partial charge >= 0.3 is 0 Å². The molecule has 2 aromatic heterocycles. The number of rotatable bonds is 8. The molecule has 39 heavy (non-hydrogen) atoms. The Labute approximate surface area is 230 Å². The van der Waals surface area contributed by atoms with Gasteiger partial charge < -0.3 is 5.32 Å². The number of carbonyl (C=O) groups excluding carboxylic acids is 1. The van der Waals surface area contributed by atoms with Crippen LogP contribution in [-0.2, 0) is 21.2 Å². The van der Waals surface area contributed by atoms with Crippen LogP contribution in [-0.4, -0.2) is 58.1 Å². The van der Waals surface area contributed by atoms with Crippen molar-refractivity contribution >= 4 is 33.1 Å². The highest BCUT2D eigenvalue weighted by atomic mass is 32.2. The van der Waals surface area contributed by atoms with Crippen LogP contribution in [0.25, 0.3) is 5.70 Å². The van der Waals surface area contributed by atoms with Crippen LogP contribution in [0, 0.1) is 6.92 Å². The lowest BCUT2D eigenvalue weighted by atomic mass is 10.0. The zero-order chi connectivity index (χ0) is 28.5. The maximum absolute atomic E-state index is 13.8. The number of piperazine rings is 1. The van der Waals surface area contributed by atoms with E-state index in [0.29, 0.717) is 35.3 Å². The molecule has 2 fully saturated rings. The highest BCUT2D eigenvalue weighted by molar-refractivity contribution is 7.90. The van der Waals surface area contributed by atoms with E-state index in [1.54, 1.807) is 17.3 Å². The van der Waals surface area contributed by atoms with Gasteiger partial charge in [0.05, 0.1) is 39.9 Å². The van der Waals surface area contributed by atoms with Crippen molar-refractivity contribution in [2.24, 2.45) is 9.98 Å². The first-order valence-corrected chi connectivity index (χ1v) is 14.9. The maximum atomic E-state index is 13.8.